The third-order valence-electron chi connectivity index (χ3n) is 5.36. The van der Waals surface area contributed by atoms with Crippen molar-refractivity contribution in [3.8, 4) is 0 Å². The number of fused-ring (bicyclic) bond motifs is 1. The van der Waals surface area contributed by atoms with Gasteiger partial charge >= 0.3 is 11.9 Å². The molecule has 30 heavy (non-hydrogen) atoms. The summed E-state index contributed by atoms with van der Waals surface area (Å²) in [6.07, 6.45) is -8.01. The van der Waals surface area contributed by atoms with Crippen molar-refractivity contribution in [3.63, 3.8) is 0 Å². The molecule has 0 aromatic rings. The zero-order valence-corrected chi connectivity index (χ0v) is 15.9. The van der Waals surface area contributed by atoms with Crippen LogP contribution in [0, 0.1) is 11.8 Å². The maximum atomic E-state index is 11.6. The second-order valence-corrected chi connectivity index (χ2v) is 7.28. The Labute approximate surface area is 170 Å². The van der Waals surface area contributed by atoms with Crippen LogP contribution in [0.15, 0.2) is 23.5 Å². The molecule has 2 aliphatic heterocycles. The van der Waals surface area contributed by atoms with Crippen molar-refractivity contribution in [1.82, 2.24) is 0 Å². The predicted octanol–water partition coefficient (Wildman–Crippen LogP) is -2.78. The lowest BCUT2D eigenvalue weighted by molar-refractivity contribution is -0.340. The van der Waals surface area contributed by atoms with Gasteiger partial charge in [0.2, 0.25) is 6.29 Å². The van der Waals surface area contributed by atoms with E-state index in [4.69, 9.17) is 18.9 Å². The van der Waals surface area contributed by atoms with E-state index >= 15 is 0 Å². The third-order valence-corrected chi connectivity index (χ3v) is 5.36. The number of aliphatic hydroxyl groups excluding tert-OH is 5. The Morgan fingerprint density at radius 3 is 2.37 bits per heavy atom. The van der Waals surface area contributed by atoms with E-state index in [1.165, 1.54) is 13.0 Å². The van der Waals surface area contributed by atoms with Gasteiger partial charge in [-0.15, -0.1) is 0 Å². The summed E-state index contributed by atoms with van der Waals surface area (Å²) in [7, 11) is 0. The second kappa shape index (κ2) is 8.98. The van der Waals surface area contributed by atoms with Crippen molar-refractivity contribution in [2.24, 2.45) is 11.8 Å². The predicted molar refractivity (Wildman–Crippen MR) is 93.1 cm³/mol. The van der Waals surface area contributed by atoms with Crippen molar-refractivity contribution in [2.75, 3.05) is 13.2 Å². The van der Waals surface area contributed by atoms with Crippen LogP contribution < -0.4 is 0 Å². The molecule has 2 heterocycles. The van der Waals surface area contributed by atoms with Gasteiger partial charge in [0.1, 0.15) is 31.0 Å². The zero-order chi connectivity index (χ0) is 22.2. The summed E-state index contributed by atoms with van der Waals surface area (Å²) in [4.78, 5) is 22.7. The lowest BCUT2D eigenvalue weighted by atomic mass is 9.82. The molecule has 2 unspecified atom stereocenters. The highest BCUT2D eigenvalue weighted by Crippen LogP contribution is 2.44. The Hall–Kier alpha value is -2.06. The molecule has 1 fully saturated rings. The van der Waals surface area contributed by atoms with Gasteiger partial charge in [-0.3, -0.25) is 4.79 Å². The minimum Gasteiger partial charge on any atom is -0.478 e. The van der Waals surface area contributed by atoms with Gasteiger partial charge in [0.05, 0.1) is 30.5 Å². The monoisotopic (exact) mass is 432 g/mol. The van der Waals surface area contributed by atoms with Crippen LogP contribution in [0.2, 0.25) is 0 Å². The van der Waals surface area contributed by atoms with Crippen molar-refractivity contribution in [3.05, 3.63) is 23.5 Å². The van der Waals surface area contributed by atoms with Crippen LogP contribution in [-0.4, -0.2) is 98.9 Å². The van der Waals surface area contributed by atoms with E-state index in [-0.39, 0.29) is 12.2 Å². The van der Waals surface area contributed by atoms with Gasteiger partial charge in [-0.25, -0.2) is 4.79 Å². The first-order valence-corrected chi connectivity index (χ1v) is 9.22. The van der Waals surface area contributed by atoms with E-state index in [1.54, 1.807) is 0 Å². The quantitative estimate of drug-likeness (QED) is 0.187. The third kappa shape index (κ3) is 4.21. The smallest absolute Gasteiger partial charge is 0.335 e. The number of carbonyl (C=O) groups excluding carboxylic acids is 1. The van der Waals surface area contributed by atoms with Gasteiger partial charge < -0.3 is 49.6 Å². The number of rotatable bonds is 6. The molecule has 1 aliphatic carbocycles. The molecule has 168 valence electrons. The second-order valence-electron chi connectivity index (χ2n) is 7.28. The maximum Gasteiger partial charge on any atom is 0.335 e. The van der Waals surface area contributed by atoms with E-state index in [0.717, 1.165) is 6.26 Å². The number of aliphatic carboxylic acids is 1. The first kappa shape index (κ1) is 22.6. The van der Waals surface area contributed by atoms with E-state index in [9.17, 15) is 40.2 Å². The fraction of sp³-hybridized carbons (Fsp3) is 0.667. The van der Waals surface area contributed by atoms with E-state index in [1.807, 2.05) is 0 Å². The van der Waals surface area contributed by atoms with Gasteiger partial charge in [0.25, 0.3) is 0 Å². The van der Waals surface area contributed by atoms with Gasteiger partial charge in [-0.1, -0.05) is 6.08 Å². The summed E-state index contributed by atoms with van der Waals surface area (Å²) in [5.41, 5.74) is 0.111. The molecular weight excluding hydrogens is 408 g/mol. The number of ether oxygens (including phenoxy) is 4. The molecular formula is C18H24O12. The molecule has 0 saturated carbocycles. The molecule has 3 rings (SSSR count). The minimum atomic E-state index is -1.71. The van der Waals surface area contributed by atoms with Crippen LogP contribution in [0.3, 0.4) is 0 Å². The Morgan fingerprint density at radius 1 is 1.07 bits per heavy atom. The number of aliphatic hydroxyl groups is 5. The van der Waals surface area contributed by atoms with Crippen molar-refractivity contribution < 1.29 is 59.2 Å². The zero-order valence-electron chi connectivity index (χ0n) is 15.9. The number of carbonyl (C=O) groups is 2. The normalized spacial score (nSPS) is 40.7. The van der Waals surface area contributed by atoms with Crippen molar-refractivity contribution in [2.45, 2.75) is 50.0 Å². The van der Waals surface area contributed by atoms with Gasteiger partial charge in [0.15, 0.2) is 6.29 Å². The summed E-state index contributed by atoms with van der Waals surface area (Å²) in [6.45, 7) is 0.269. The van der Waals surface area contributed by atoms with Crippen LogP contribution >= 0.6 is 0 Å². The fourth-order valence-corrected chi connectivity index (χ4v) is 3.85. The highest BCUT2D eigenvalue weighted by Gasteiger charge is 2.52. The molecule has 1 saturated heterocycles. The fourth-order valence-electron chi connectivity index (χ4n) is 3.85. The SMILES string of the molecule is CC(=O)OCC1=C[C@H](O)C2C(C(=O)O)=CO[C@@H](O[C@@H]3O[C@H](CO)[C@@H](O)[C@H](O)[C@H]3O)C12. The first-order chi connectivity index (χ1) is 14.1. The Balaban J connectivity index is 1.85. The minimum absolute atomic E-state index is 0.227. The molecule has 12 nitrogen and oxygen atoms in total. The number of hydrogen-bond donors (Lipinski definition) is 6. The Bertz CT molecular complexity index is 731. The van der Waals surface area contributed by atoms with Crippen molar-refractivity contribution >= 4 is 11.9 Å². The molecule has 0 bridgehead atoms. The van der Waals surface area contributed by atoms with Gasteiger partial charge in [0, 0.05) is 12.8 Å². The number of carboxylic acid groups (broad SMARTS) is 1. The molecule has 0 amide bonds. The maximum absolute atomic E-state index is 11.6. The summed E-state index contributed by atoms with van der Waals surface area (Å²) in [6, 6.07) is 0. The lowest BCUT2D eigenvalue weighted by Crippen LogP contribution is -2.60. The van der Waals surface area contributed by atoms with Crippen LogP contribution in [0.1, 0.15) is 6.92 Å². The Morgan fingerprint density at radius 2 is 1.77 bits per heavy atom. The topological polar surface area (TPSA) is 192 Å². The number of carboxylic acids is 1. The summed E-state index contributed by atoms with van der Waals surface area (Å²) < 4.78 is 21.3. The molecule has 0 aromatic heterocycles. The van der Waals surface area contributed by atoms with E-state index < -0.39 is 73.5 Å². The van der Waals surface area contributed by atoms with Crippen LogP contribution in [-0.2, 0) is 28.5 Å². The molecule has 0 radical (unpaired) electrons. The summed E-state index contributed by atoms with van der Waals surface area (Å²) >= 11 is 0. The molecule has 0 aromatic carbocycles. The first-order valence-electron chi connectivity index (χ1n) is 9.22. The average Bonchev–Trinajstić information content (AvgIpc) is 3.03. The molecule has 6 N–H and O–H groups in total. The van der Waals surface area contributed by atoms with Crippen LogP contribution in [0.4, 0.5) is 0 Å². The molecule has 9 atom stereocenters. The van der Waals surface area contributed by atoms with Crippen molar-refractivity contribution in [1.29, 1.82) is 0 Å². The van der Waals surface area contributed by atoms with E-state index in [0.29, 0.717) is 5.57 Å². The standard InChI is InChI=1S/C18H24O12/c1-6(20)27-4-7-2-9(21)12-8(16(25)26)5-28-17(11(7)12)30-18-15(24)14(23)13(22)10(3-19)29-18/h2,5,9-15,17-19,21-24H,3-4H2,1H3,(H,25,26)/t9-,10+,11?,12?,13+,14-,15+,17-,18-/m0/s1. The highest BCUT2D eigenvalue weighted by atomic mass is 16.8. The largest absolute Gasteiger partial charge is 0.478 e. The number of esters is 1. The summed E-state index contributed by atoms with van der Waals surface area (Å²) in [5.74, 6) is -3.82. The molecule has 12 heteroatoms. The van der Waals surface area contributed by atoms with E-state index in [2.05, 4.69) is 0 Å². The van der Waals surface area contributed by atoms with Crippen LogP contribution in [0.5, 0.6) is 0 Å². The molecule has 3 aliphatic rings. The summed E-state index contributed by atoms with van der Waals surface area (Å²) in [5, 5.41) is 59.1. The average molecular weight is 432 g/mol. The van der Waals surface area contributed by atoms with Crippen LogP contribution in [0.25, 0.3) is 0 Å². The van der Waals surface area contributed by atoms with Gasteiger partial charge in [-0.2, -0.15) is 0 Å². The highest BCUT2D eigenvalue weighted by molar-refractivity contribution is 5.87. The number of hydrogen-bond acceptors (Lipinski definition) is 11. The Kier molecular flexibility index (Phi) is 6.77. The lowest BCUT2D eigenvalue weighted by Gasteiger charge is -2.43. The molecule has 0 spiro atoms. The van der Waals surface area contributed by atoms with Gasteiger partial charge in [-0.05, 0) is 5.57 Å².